The van der Waals surface area contributed by atoms with E-state index in [1.54, 1.807) is 0 Å². The molecule has 6 heteroatoms. The fraction of sp³-hybridized carbons (Fsp3) is 0.200. The highest BCUT2D eigenvalue weighted by molar-refractivity contribution is 5.81. The third kappa shape index (κ3) is 2.63. The Morgan fingerprint density at radius 3 is 2.69 bits per heavy atom. The first kappa shape index (κ1) is 11.8. The monoisotopic (exact) mass is 224 g/mol. The second-order valence-corrected chi connectivity index (χ2v) is 3.01. The third-order valence-corrected chi connectivity index (χ3v) is 1.82. The van der Waals surface area contributed by atoms with E-state index in [9.17, 15) is 9.59 Å². The van der Waals surface area contributed by atoms with Crippen LogP contribution in [0.4, 0.5) is 5.69 Å². The molecule has 0 saturated carbocycles. The van der Waals surface area contributed by atoms with E-state index in [-0.39, 0.29) is 23.8 Å². The van der Waals surface area contributed by atoms with E-state index in [0.717, 1.165) is 0 Å². The molecule has 86 valence electrons. The van der Waals surface area contributed by atoms with E-state index in [0.29, 0.717) is 11.8 Å². The molecule has 0 aliphatic heterocycles. The van der Waals surface area contributed by atoms with Crippen LogP contribution in [0.5, 0.6) is 11.5 Å². The molecular weight excluding hydrogens is 212 g/mol. The minimum atomic E-state index is -0.624. The van der Waals surface area contributed by atoms with Crippen LogP contribution in [-0.2, 0) is 4.79 Å². The van der Waals surface area contributed by atoms with Crippen LogP contribution in [0.2, 0.25) is 0 Å². The van der Waals surface area contributed by atoms with Crippen LogP contribution in [0.1, 0.15) is 10.4 Å². The number of benzene rings is 1. The van der Waals surface area contributed by atoms with Crippen molar-refractivity contribution in [1.29, 1.82) is 0 Å². The molecule has 0 aliphatic carbocycles. The van der Waals surface area contributed by atoms with Gasteiger partial charge in [-0.05, 0) is 12.1 Å². The first-order valence-corrected chi connectivity index (χ1v) is 4.42. The highest BCUT2D eigenvalue weighted by atomic mass is 16.5. The van der Waals surface area contributed by atoms with Gasteiger partial charge in [0.25, 0.3) is 5.91 Å². The van der Waals surface area contributed by atoms with Crippen molar-refractivity contribution in [2.24, 2.45) is 5.73 Å². The minimum Gasteiger partial charge on any atom is -0.493 e. The molecule has 0 aromatic heterocycles. The average Bonchev–Trinajstić information content (AvgIpc) is 2.26. The second-order valence-electron chi connectivity index (χ2n) is 3.01. The van der Waals surface area contributed by atoms with Crippen molar-refractivity contribution in [3.05, 3.63) is 17.7 Å². The maximum atomic E-state index is 10.6. The predicted octanol–water partition coefficient (Wildman–Crippen LogP) is -0.0460. The number of aldehydes is 1. The largest absolute Gasteiger partial charge is 0.493 e. The normalized spacial score (nSPS) is 9.56. The van der Waals surface area contributed by atoms with Gasteiger partial charge in [-0.15, -0.1) is 0 Å². The first-order chi connectivity index (χ1) is 7.58. The van der Waals surface area contributed by atoms with Crippen molar-refractivity contribution in [3.8, 4) is 11.5 Å². The van der Waals surface area contributed by atoms with Crippen molar-refractivity contribution in [2.75, 3.05) is 19.5 Å². The Labute approximate surface area is 92.1 Å². The number of ether oxygens (including phenoxy) is 2. The molecular formula is C10H12N2O4. The molecule has 6 nitrogen and oxygen atoms in total. The van der Waals surface area contributed by atoms with Gasteiger partial charge in [0.1, 0.15) is 6.29 Å². The predicted molar refractivity (Wildman–Crippen MR) is 57.5 cm³/mol. The molecule has 0 aliphatic rings. The Kier molecular flexibility index (Phi) is 3.71. The molecule has 1 amide bonds. The van der Waals surface area contributed by atoms with Crippen LogP contribution in [0.15, 0.2) is 12.1 Å². The van der Waals surface area contributed by atoms with Crippen molar-refractivity contribution < 1.29 is 19.1 Å². The van der Waals surface area contributed by atoms with Gasteiger partial charge in [-0.25, -0.2) is 0 Å². The summed E-state index contributed by atoms with van der Waals surface area (Å²) in [5.74, 6) is -0.142. The molecule has 1 rings (SSSR count). The number of amides is 1. The van der Waals surface area contributed by atoms with Crippen LogP contribution < -0.4 is 20.9 Å². The molecule has 0 fully saturated rings. The van der Waals surface area contributed by atoms with Gasteiger partial charge in [-0.3, -0.25) is 9.59 Å². The van der Waals surface area contributed by atoms with Crippen molar-refractivity contribution in [1.82, 2.24) is 0 Å². The molecule has 1 aromatic carbocycles. The Hall–Kier alpha value is -2.24. The number of primary amides is 1. The minimum absolute atomic E-state index is 0.201. The smallest absolute Gasteiger partial charge is 0.255 e. The summed E-state index contributed by atoms with van der Waals surface area (Å²) in [5, 5.41) is 0. The number of rotatable bonds is 5. The number of hydrogen-bond donors (Lipinski definition) is 2. The summed E-state index contributed by atoms with van der Waals surface area (Å²) in [4.78, 5) is 21.1. The third-order valence-electron chi connectivity index (χ3n) is 1.82. The van der Waals surface area contributed by atoms with Gasteiger partial charge in [0, 0.05) is 5.56 Å². The molecule has 0 spiro atoms. The lowest BCUT2D eigenvalue weighted by molar-refractivity contribution is -0.119. The topological polar surface area (TPSA) is 105 Å². The fourth-order valence-corrected chi connectivity index (χ4v) is 1.16. The van der Waals surface area contributed by atoms with Crippen LogP contribution in [-0.4, -0.2) is 25.9 Å². The zero-order chi connectivity index (χ0) is 12.1. The summed E-state index contributed by atoms with van der Waals surface area (Å²) in [7, 11) is 1.40. The molecule has 0 radical (unpaired) electrons. The summed E-state index contributed by atoms with van der Waals surface area (Å²) < 4.78 is 10.1. The van der Waals surface area contributed by atoms with E-state index in [1.807, 2.05) is 0 Å². The van der Waals surface area contributed by atoms with Gasteiger partial charge in [-0.2, -0.15) is 0 Å². The Bertz CT molecular complexity index is 418. The van der Waals surface area contributed by atoms with Crippen molar-refractivity contribution in [2.45, 2.75) is 0 Å². The number of anilines is 1. The van der Waals surface area contributed by atoms with Gasteiger partial charge < -0.3 is 20.9 Å². The Morgan fingerprint density at radius 1 is 1.50 bits per heavy atom. The molecule has 16 heavy (non-hydrogen) atoms. The first-order valence-electron chi connectivity index (χ1n) is 4.42. The number of methoxy groups -OCH3 is 1. The standard InChI is InChI=1S/C10H12N2O4/c1-15-8-3-6(4-13)2-7(11)10(8)16-5-9(12)14/h2-4H,5,11H2,1H3,(H2,12,14). The molecule has 0 saturated heterocycles. The molecule has 0 atom stereocenters. The summed E-state index contributed by atoms with van der Waals surface area (Å²) in [6.45, 7) is -0.305. The van der Waals surface area contributed by atoms with Crippen LogP contribution >= 0.6 is 0 Å². The van der Waals surface area contributed by atoms with E-state index in [2.05, 4.69) is 0 Å². The number of nitrogens with two attached hydrogens (primary N) is 2. The van der Waals surface area contributed by atoms with Gasteiger partial charge >= 0.3 is 0 Å². The number of hydrogen-bond acceptors (Lipinski definition) is 5. The maximum absolute atomic E-state index is 10.6. The summed E-state index contributed by atoms with van der Waals surface area (Å²) in [6.07, 6.45) is 0.636. The summed E-state index contributed by atoms with van der Waals surface area (Å²) in [5.41, 5.74) is 11.2. The lowest BCUT2D eigenvalue weighted by atomic mass is 10.2. The van der Waals surface area contributed by atoms with E-state index in [4.69, 9.17) is 20.9 Å². The second kappa shape index (κ2) is 5.01. The summed E-state index contributed by atoms with van der Waals surface area (Å²) in [6, 6.07) is 2.88. The number of nitrogen functional groups attached to an aromatic ring is 1. The molecule has 0 heterocycles. The van der Waals surface area contributed by atoms with Gasteiger partial charge in [-0.1, -0.05) is 0 Å². The van der Waals surface area contributed by atoms with Crippen molar-refractivity contribution >= 4 is 17.9 Å². The molecule has 0 bridgehead atoms. The lowest BCUT2D eigenvalue weighted by Crippen LogP contribution is -2.20. The van der Waals surface area contributed by atoms with E-state index in [1.165, 1.54) is 19.2 Å². The van der Waals surface area contributed by atoms with Gasteiger partial charge in [0.2, 0.25) is 0 Å². The Morgan fingerprint density at radius 2 is 2.19 bits per heavy atom. The van der Waals surface area contributed by atoms with Gasteiger partial charge in [0.05, 0.1) is 12.8 Å². The Balaban J connectivity index is 3.06. The molecule has 4 N–H and O–H groups in total. The van der Waals surface area contributed by atoms with Crippen molar-refractivity contribution in [3.63, 3.8) is 0 Å². The van der Waals surface area contributed by atoms with Crippen LogP contribution in [0.25, 0.3) is 0 Å². The van der Waals surface area contributed by atoms with E-state index < -0.39 is 5.91 Å². The molecule has 1 aromatic rings. The zero-order valence-corrected chi connectivity index (χ0v) is 8.73. The number of carbonyl (C=O) groups is 2. The average molecular weight is 224 g/mol. The number of carbonyl (C=O) groups excluding carboxylic acids is 2. The van der Waals surface area contributed by atoms with E-state index >= 15 is 0 Å². The summed E-state index contributed by atoms with van der Waals surface area (Å²) >= 11 is 0. The highest BCUT2D eigenvalue weighted by Gasteiger charge is 2.11. The quantitative estimate of drug-likeness (QED) is 0.539. The zero-order valence-electron chi connectivity index (χ0n) is 8.73. The molecule has 0 unspecified atom stereocenters. The van der Waals surface area contributed by atoms with Gasteiger partial charge in [0.15, 0.2) is 18.1 Å². The maximum Gasteiger partial charge on any atom is 0.255 e. The fourth-order valence-electron chi connectivity index (χ4n) is 1.16. The van der Waals surface area contributed by atoms with Crippen LogP contribution in [0.3, 0.4) is 0 Å². The van der Waals surface area contributed by atoms with Crippen LogP contribution in [0, 0.1) is 0 Å². The lowest BCUT2D eigenvalue weighted by Gasteiger charge is -2.12. The SMILES string of the molecule is COc1cc(C=O)cc(N)c1OCC(N)=O. The highest BCUT2D eigenvalue weighted by Crippen LogP contribution is 2.34.